The molecular weight excluding hydrogens is 561 g/mol. The van der Waals surface area contributed by atoms with Crippen molar-refractivity contribution in [3.63, 3.8) is 0 Å². The highest BCUT2D eigenvalue weighted by atomic mass is 32.2. The van der Waals surface area contributed by atoms with Gasteiger partial charge >= 0.3 is 0 Å². The number of nitrogen functional groups attached to an aromatic ring is 1. The maximum absolute atomic E-state index is 13.8. The van der Waals surface area contributed by atoms with Crippen molar-refractivity contribution < 1.29 is 26.7 Å². The highest BCUT2D eigenvalue weighted by molar-refractivity contribution is 7.92. The van der Waals surface area contributed by atoms with E-state index in [9.17, 15) is 26.7 Å². The van der Waals surface area contributed by atoms with Gasteiger partial charge in [0.25, 0.3) is 10.0 Å². The summed E-state index contributed by atoms with van der Waals surface area (Å²) in [6, 6.07) is 9.63. The van der Waals surface area contributed by atoms with Crippen molar-refractivity contribution in [1.29, 1.82) is 0 Å². The summed E-state index contributed by atoms with van der Waals surface area (Å²) in [5, 5.41) is 14.3. The number of fused-ring (bicyclic) bond motifs is 1. The molecule has 0 saturated carbocycles. The van der Waals surface area contributed by atoms with E-state index in [4.69, 9.17) is 5.73 Å². The first-order chi connectivity index (χ1) is 18.1. The van der Waals surface area contributed by atoms with Crippen LogP contribution in [0.5, 0.6) is 5.75 Å². The smallest absolute Gasteiger partial charge is 0.264 e. The fourth-order valence-electron chi connectivity index (χ4n) is 4.24. The van der Waals surface area contributed by atoms with Gasteiger partial charge in [0.15, 0.2) is 5.13 Å². The predicted octanol–water partition coefficient (Wildman–Crippen LogP) is 3.41. The first-order valence-electron chi connectivity index (χ1n) is 12.5. The molecule has 10 nitrogen and oxygen atoms in total. The summed E-state index contributed by atoms with van der Waals surface area (Å²) in [4.78, 5) is 16.6. The number of hydrogen-bond donors (Lipinski definition) is 3. The van der Waals surface area contributed by atoms with Crippen LogP contribution in [-0.4, -0.2) is 57.9 Å². The van der Waals surface area contributed by atoms with E-state index in [2.05, 4.69) is 10.3 Å². The Morgan fingerprint density at radius 2 is 1.82 bits per heavy atom. The summed E-state index contributed by atoms with van der Waals surface area (Å²) in [7, 11) is -7.32. The van der Waals surface area contributed by atoms with Crippen LogP contribution in [0.2, 0.25) is 0 Å². The number of benzene rings is 2. The Labute approximate surface area is 234 Å². The second kappa shape index (κ2) is 12.1. The van der Waals surface area contributed by atoms with E-state index in [1.54, 1.807) is 37.3 Å². The minimum Gasteiger partial charge on any atom is -0.505 e. The fraction of sp³-hybridized carbons (Fsp3) is 0.462. The Hall–Kier alpha value is -2.90. The molecule has 214 valence electrons. The summed E-state index contributed by atoms with van der Waals surface area (Å²) < 4.78 is 52.5. The molecule has 13 heteroatoms. The van der Waals surface area contributed by atoms with Crippen molar-refractivity contribution in [2.45, 2.75) is 39.0 Å². The minimum absolute atomic E-state index is 0.0336. The number of hydrogen-bond acceptors (Lipinski definition) is 9. The van der Waals surface area contributed by atoms with E-state index in [-0.39, 0.29) is 52.9 Å². The number of anilines is 2. The van der Waals surface area contributed by atoms with Crippen molar-refractivity contribution in [1.82, 2.24) is 10.3 Å². The maximum Gasteiger partial charge on any atom is 0.264 e. The predicted molar refractivity (Wildman–Crippen MR) is 156 cm³/mol. The third-order valence-electron chi connectivity index (χ3n) is 6.06. The maximum atomic E-state index is 13.8. The average Bonchev–Trinajstić information content (AvgIpc) is 3.20. The number of phenols is 1. The van der Waals surface area contributed by atoms with Gasteiger partial charge in [-0.3, -0.25) is 9.10 Å². The van der Waals surface area contributed by atoms with E-state index >= 15 is 0 Å². The van der Waals surface area contributed by atoms with Crippen molar-refractivity contribution >= 4 is 58.1 Å². The number of sulfone groups is 1. The minimum atomic E-state index is -4.04. The normalized spacial score (nSPS) is 13.9. The molecule has 0 spiro atoms. The van der Waals surface area contributed by atoms with Crippen LogP contribution in [0.4, 0.5) is 10.8 Å². The highest BCUT2D eigenvalue weighted by Crippen LogP contribution is 2.37. The van der Waals surface area contributed by atoms with Crippen molar-refractivity contribution in [2.75, 3.05) is 35.1 Å². The van der Waals surface area contributed by atoms with Crippen LogP contribution in [-0.2, 0) is 31.1 Å². The lowest BCUT2D eigenvalue weighted by Crippen LogP contribution is -2.36. The number of rotatable bonds is 12. The molecule has 0 bridgehead atoms. The number of aromatic nitrogens is 1. The number of carbonyl (C=O) groups is 1. The Kier molecular flexibility index (Phi) is 9.50. The van der Waals surface area contributed by atoms with Gasteiger partial charge in [0, 0.05) is 25.3 Å². The number of aromatic hydroxyl groups is 1. The molecule has 0 fully saturated rings. The fourth-order valence-corrected chi connectivity index (χ4v) is 7.81. The second-order valence-electron chi connectivity index (χ2n) is 10.4. The van der Waals surface area contributed by atoms with Crippen LogP contribution in [0.1, 0.15) is 33.3 Å². The Bertz CT molecular complexity index is 1550. The summed E-state index contributed by atoms with van der Waals surface area (Å²) in [6.45, 7) is 7.64. The zero-order valence-corrected chi connectivity index (χ0v) is 25.2. The number of nitrogens with two attached hydrogens (primary N) is 1. The summed E-state index contributed by atoms with van der Waals surface area (Å²) in [5.41, 5.74) is 7.11. The first kappa shape index (κ1) is 30.6. The van der Waals surface area contributed by atoms with Crippen LogP contribution in [0, 0.1) is 17.8 Å². The van der Waals surface area contributed by atoms with Crippen LogP contribution in [0.15, 0.2) is 41.3 Å². The molecule has 1 amide bonds. The molecule has 2 atom stereocenters. The molecule has 0 aliphatic rings. The number of carbonyl (C=O) groups excluding carboxylic acids is 1. The van der Waals surface area contributed by atoms with Crippen molar-refractivity contribution in [3.05, 3.63) is 42.0 Å². The molecule has 0 saturated heterocycles. The molecule has 0 aliphatic heterocycles. The monoisotopic (exact) mass is 596 g/mol. The van der Waals surface area contributed by atoms with E-state index < -0.39 is 25.8 Å². The van der Waals surface area contributed by atoms with E-state index in [1.165, 1.54) is 21.7 Å². The summed E-state index contributed by atoms with van der Waals surface area (Å²) >= 11 is 1.20. The van der Waals surface area contributed by atoms with E-state index in [1.807, 2.05) is 20.8 Å². The highest BCUT2D eigenvalue weighted by Gasteiger charge is 2.29. The van der Waals surface area contributed by atoms with Gasteiger partial charge in [0.1, 0.15) is 15.6 Å². The van der Waals surface area contributed by atoms with Crippen LogP contribution >= 0.6 is 11.3 Å². The zero-order chi connectivity index (χ0) is 29.1. The Balaban J connectivity index is 1.84. The number of nitrogens with one attached hydrogen (secondary N) is 1. The molecular formula is C26H36N4O6S3. The molecule has 3 aromatic rings. The quantitative estimate of drug-likeness (QED) is 0.287. The molecule has 0 radical (unpaired) electrons. The third-order valence-corrected chi connectivity index (χ3v) is 9.78. The molecule has 2 aromatic carbocycles. The molecule has 3 rings (SSSR count). The van der Waals surface area contributed by atoms with Crippen molar-refractivity contribution in [3.8, 4) is 5.75 Å². The lowest BCUT2D eigenvalue weighted by molar-refractivity contribution is -0.124. The molecule has 4 N–H and O–H groups in total. The largest absolute Gasteiger partial charge is 0.505 e. The number of para-hydroxylation sites is 1. The summed E-state index contributed by atoms with van der Waals surface area (Å²) in [6.07, 6.45) is 1.45. The molecule has 1 aromatic heterocycles. The van der Waals surface area contributed by atoms with Gasteiger partial charge in [-0.05, 0) is 48.1 Å². The van der Waals surface area contributed by atoms with Gasteiger partial charge < -0.3 is 16.2 Å². The van der Waals surface area contributed by atoms with E-state index in [0.29, 0.717) is 27.3 Å². The number of phenolic OH excluding ortho intramolecular Hbond substituents is 1. The molecule has 0 aliphatic carbocycles. The molecule has 39 heavy (non-hydrogen) atoms. The van der Waals surface area contributed by atoms with Gasteiger partial charge in [-0.1, -0.05) is 51.2 Å². The van der Waals surface area contributed by atoms with Gasteiger partial charge in [-0.15, -0.1) is 0 Å². The van der Waals surface area contributed by atoms with Crippen LogP contribution < -0.4 is 15.4 Å². The Morgan fingerprint density at radius 3 is 2.46 bits per heavy atom. The lowest BCUT2D eigenvalue weighted by Gasteiger charge is -2.28. The number of thiazole rings is 1. The van der Waals surface area contributed by atoms with Gasteiger partial charge in [-0.2, -0.15) is 0 Å². The number of nitrogens with zero attached hydrogens (tertiary/aromatic N) is 2. The topological polar surface area (TPSA) is 160 Å². The SMILES string of the molecule is CC(C)CN(c1cccc(CC(C)CNC(=O)[C@@H](C)CS(C)(=O)=O)c1O)S(=O)(=O)c1ccc2nc(N)sc2c1. The molecule has 1 heterocycles. The summed E-state index contributed by atoms with van der Waals surface area (Å²) in [5.74, 6) is -1.57. The second-order valence-corrected chi connectivity index (χ2v) is 15.6. The first-order valence-corrected chi connectivity index (χ1v) is 16.8. The zero-order valence-electron chi connectivity index (χ0n) is 22.7. The van der Waals surface area contributed by atoms with Crippen LogP contribution in [0.25, 0.3) is 10.2 Å². The van der Waals surface area contributed by atoms with Gasteiger partial charge in [-0.25, -0.2) is 21.8 Å². The van der Waals surface area contributed by atoms with Gasteiger partial charge in [0.05, 0.1) is 26.6 Å². The third kappa shape index (κ3) is 7.83. The van der Waals surface area contributed by atoms with Gasteiger partial charge in [0.2, 0.25) is 5.91 Å². The molecule has 1 unspecified atom stereocenters. The van der Waals surface area contributed by atoms with Crippen molar-refractivity contribution in [2.24, 2.45) is 17.8 Å². The van der Waals surface area contributed by atoms with E-state index in [0.717, 1.165) is 6.26 Å². The number of sulfonamides is 1. The average molecular weight is 597 g/mol. The number of amides is 1. The van der Waals surface area contributed by atoms with Crippen LogP contribution in [0.3, 0.4) is 0 Å². The lowest BCUT2D eigenvalue weighted by atomic mass is 9.99. The Morgan fingerprint density at radius 1 is 1.13 bits per heavy atom. The standard InChI is InChI=1S/C26H36N4O6S3/c1-16(2)14-30(39(35,36)20-9-10-21-23(12-20)37-26(27)29-21)22-8-6-7-19(24(22)31)11-17(3)13-28-25(32)18(4)15-38(5,33)34/h6-10,12,16-18,31H,11,13-15H2,1-5H3,(H2,27,29)(H,28,32)/t17?,18-/m0/s1.